The van der Waals surface area contributed by atoms with E-state index in [0.717, 1.165) is 0 Å². The lowest BCUT2D eigenvalue weighted by molar-refractivity contribution is -0.122. The van der Waals surface area contributed by atoms with Crippen LogP contribution >= 0.6 is 0 Å². The standard InChI is InChI=1S/C29H39NO/c1-14(2)29(31)28(30-13)27(25-21(9)17(5)15(3)18(6)22(25)10)26-23(11)19(7)16(4)20(8)24(26)12/h14,27-28H,1-12H3. The molecule has 0 aromatic heterocycles. The fourth-order valence-electron chi connectivity index (χ4n) is 5.10. The molecule has 2 rings (SSSR count). The molecule has 1 atom stereocenters. The van der Waals surface area contributed by atoms with Crippen molar-refractivity contribution >= 4 is 5.78 Å². The maximum atomic E-state index is 13.4. The van der Waals surface area contributed by atoms with Crippen molar-refractivity contribution < 1.29 is 4.79 Å². The van der Waals surface area contributed by atoms with E-state index in [1.165, 1.54) is 66.8 Å². The smallest absolute Gasteiger partial charge is 0.291 e. The van der Waals surface area contributed by atoms with Crippen molar-refractivity contribution in [3.63, 3.8) is 0 Å². The summed E-state index contributed by atoms with van der Waals surface area (Å²) in [6.07, 6.45) is 0. The third-order valence-electron chi connectivity index (χ3n) is 8.05. The van der Waals surface area contributed by atoms with Gasteiger partial charge in [-0.3, -0.25) is 4.79 Å². The second kappa shape index (κ2) is 8.99. The van der Waals surface area contributed by atoms with Crippen molar-refractivity contribution in [2.75, 3.05) is 0 Å². The van der Waals surface area contributed by atoms with E-state index in [0.29, 0.717) is 0 Å². The first kappa shape index (κ1) is 24.9. The van der Waals surface area contributed by atoms with E-state index >= 15 is 0 Å². The van der Waals surface area contributed by atoms with Crippen LogP contribution in [0, 0.1) is 81.7 Å². The van der Waals surface area contributed by atoms with Crippen LogP contribution in [0.4, 0.5) is 0 Å². The molecule has 0 spiro atoms. The molecule has 0 fully saturated rings. The van der Waals surface area contributed by atoms with Crippen LogP contribution in [0.25, 0.3) is 4.85 Å². The third-order valence-corrected chi connectivity index (χ3v) is 8.05. The van der Waals surface area contributed by atoms with Crippen LogP contribution < -0.4 is 0 Å². The molecule has 0 amide bonds. The van der Waals surface area contributed by atoms with Crippen molar-refractivity contribution in [2.45, 2.75) is 95.0 Å². The summed E-state index contributed by atoms with van der Waals surface area (Å²) in [6, 6.07) is -0.724. The second-order valence-electron chi connectivity index (χ2n) is 9.69. The normalized spacial score (nSPS) is 12.4. The number of rotatable bonds is 5. The van der Waals surface area contributed by atoms with Gasteiger partial charge in [-0.25, -0.2) is 6.57 Å². The topological polar surface area (TPSA) is 21.4 Å². The minimum absolute atomic E-state index is 0.0318. The van der Waals surface area contributed by atoms with Gasteiger partial charge in [0.2, 0.25) is 5.78 Å². The van der Waals surface area contributed by atoms with Gasteiger partial charge >= 0.3 is 0 Å². The Kier molecular flexibility index (Phi) is 7.21. The summed E-state index contributed by atoms with van der Waals surface area (Å²) in [7, 11) is 0. The Labute approximate surface area is 189 Å². The SMILES string of the molecule is [C-]#[N+]C(C(=O)C(C)C)C(c1c(C)c(C)c(C)c(C)c1C)c1c(C)c(C)c(C)c(C)c1C. The fraction of sp³-hybridized carbons (Fsp3) is 0.517. The Balaban J connectivity index is 3.11. The lowest BCUT2D eigenvalue weighted by Crippen LogP contribution is -2.32. The average molecular weight is 418 g/mol. The zero-order valence-corrected chi connectivity index (χ0v) is 21.6. The minimum atomic E-state index is -0.724. The summed E-state index contributed by atoms with van der Waals surface area (Å²) in [4.78, 5) is 17.4. The van der Waals surface area contributed by atoms with E-state index < -0.39 is 6.04 Å². The molecule has 166 valence electrons. The first-order chi connectivity index (χ1) is 14.3. The summed E-state index contributed by atoms with van der Waals surface area (Å²) in [5.74, 6) is -0.407. The van der Waals surface area contributed by atoms with Crippen molar-refractivity contribution in [3.05, 3.63) is 78.2 Å². The van der Waals surface area contributed by atoms with Crippen LogP contribution in [0.5, 0.6) is 0 Å². The highest BCUT2D eigenvalue weighted by atomic mass is 16.1. The maximum absolute atomic E-state index is 13.4. The van der Waals surface area contributed by atoms with Crippen LogP contribution in [-0.2, 0) is 4.79 Å². The van der Waals surface area contributed by atoms with E-state index in [9.17, 15) is 4.79 Å². The van der Waals surface area contributed by atoms with Gasteiger partial charge in [0.15, 0.2) is 0 Å². The largest absolute Gasteiger partial charge is 0.304 e. The molecule has 2 nitrogen and oxygen atoms in total. The average Bonchev–Trinajstić information content (AvgIpc) is 2.73. The molecule has 2 heteroatoms. The summed E-state index contributed by atoms with van der Waals surface area (Å²) < 4.78 is 0. The monoisotopic (exact) mass is 417 g/mol. The van der Waals surface area contributed by atoms with Gasteiger partial charge in [0.05, 0.1) is 5.92 Å². The van der Waals surface area contributed by atoms with Crippen molar-refractivity contribution in [1.29, 1.82) is 0 Å². The zero-order chi connectivity index (χ0) is 23.9. The Hall–Kier alpha value is -2.40. The molecular weight excluding hydrogens is 378 g/mol. The molecule has 0 bridgehead atoms. The molecule has 0 saturated carbocycles. The number of carbonyl (C=O) groups excluding carboxylic acids is 1. The van der Waals surface area contributed by atoms with E-state index in [1.54, 1.807) is 0 Å². The summed E-state index contributed by atoms with van der Waals surface area (Å²) in [5, 5.41) is 0. The van der Waals surface area contributed by atoms with Gasteiger partial charge in [-0.1, -0.05) is 13.8 Å². The van der Waals surface area contributed by atoms with Crippen LogP contribution in [0.3, 0.4) is 0 Å². The molecule has 2 aromatic carbocycles. The van der Waals surface area contributed by atoms with Gasteiger partial charge in [-0.2, -0.15) is 0 Å². The number of hydrogen-bond donors (Lipinski definition) is 0. The molecule has 2 aromatic rings. The quantitative estimate of drug-likeness (QED) is 0.464. The number of benzene rings is 2. The van der Waals surface area contributed by atoms with Crippen LogP contribution in [0.15, 0.2) is 0 Å². The summed E-state index contributed by atoms with van der Waals surface area (Å²) >= 11 is 0. The molecule has 0 saturated heterocycles. The summed E-state index contributed by atoms with van der Waals surface area (Å²) in [6.45, 7) is 33.6. The van der Waals surface area contributed by atoms with Gasteiger partial charge in [-0.15, -0.1) is 0 Å². The Morgan fingerprint density at radius 1 is 0.581 bits per heavy atom. The van der Waals surface area contributed by atoms with E-state index in [-0.39, 0.29) is 17.6 Å². The van der Waals surface area contributed by atoms with Gasteiger partial charge in [0.25, 0.3) is 6.04 Å². The molecule has 0 heterocycles. The van der Waals surface area contributed by atoms with Gasteiger partial charge in [0, 0.05) is 5.92 Å². The van der Waals surface area contributed by atoms with E-state index in [1.807, 2.05) is 13.8 Å². The van der Waals surface area contributed by atoms with Gasteiger partial charge < -0.3 is 4.85 Å². The highest BCUT2D eigenvalue weighted by Crippen LogP contribution is 2.43. The number of hydrogen-bond acceptors (Lipinski definition) is 1. The van der Waals surface area contributed by atoms with Crippen molar-refractivity contribution in [3.8, 4) is 0 Å². The van der Waals surface area contributed by atoms with Crippen molar-refractivity contribution in [1.82, 2.24) is 0 Å². The Morgan fingerprint density at radius 3 is 1.06 bits per heavy atom. The third kappa shape index (κ3) is 3.96. The molecule has 0 aliphatic heterocycles. The first-order valence-corrected chi connectivity index (χ1v) is 11.3. The number of ketones is 1. The predicted octanol–water partition coefficient (Wildman–Crippen LogP) is 7.42. The predicted molar refractivity (Wildman–Crippen MR) is 132 cm³/mol. The molecule has 0 aliphatic carbocycles. The molecule has 1 unspecified atom stereocenters. The number of nitrogens with zero attached hydrogens (tertiary/aromatic N) is 1. The highest BCUT2D eigenvalue weighted by Gasteiger charge is 2.41. The highest BCUT2D eigenvalue weighted by molar-refractivity contribution is 5.89. The molecule has 0 N–H and O–H groups in total. The fourth-order valence-corrected chi connectivity index (χ4v) is 5.10. The molecule has 31 heavy (non-hydrogen) atoms. The number of Topliss-reactive ketones (excluding diaryl/α,β-unsaturated/α-hetero) is 1. The van der Waals surface area contributed by atoms with Gasteiger partial charge in [-0.05, 0) is 136 Å². The van der Waals surface area contributed by atoms with Crippen LogP contribution in [-0.4, -0.2) is 11.8 Å². The summed E-state index contributed by atoms with van der Waals surface area (Å²) in [5.41, 5.74) is 14.9. The number of carbonyl (C=O) groups is 1. The van der Waals surface area contributed by atoms with E-state index in [2.05, 4.69) is 74.1 Å². The van der Waals surface area contributed by atoms with Crippen LogP contribution in [0.2, 0.25) is 0 Å². The molecule has 0 aliphatic rings. The van der Waals surface area contributed by atoms with E-state index in [4.69, 9.17) is 6.57 Å². The maximum Gasteiger partial charge on any atom is 0.291 e. The first-order valence-electron chi connectivity index (χ1n) is 11.3. The van der Waals surface area contributed by atoms with Crippen molar-refractivity contribution in [2.24, 2.45) is 5.92 Å². The minimum Gasteiger partial charge on any atom is -0.304 e. The zero-order valence-electron chi connectivity index (χ0n) is 21.6. The lowest BCUT2D eigenvalue weighted by Gasteiger charge is -2.31. The second-order valence-corrected chi connectivity index (χ2v) is 9.69. The lowest BCUT2D eigenvalue weighted by atomic mass is 9.71. The Bertz CT molecular complexity index is 968. The Morgan fingerprint density at radius 2 is 0.839 bits per heavy atom. The molecule has 0 radical (unpaired) electrons. The van der Waals surface area contributed by atoms with Gasteiger partial charge in [0.1, 0.15) is 0 Å². The molecular formula is C29H39NO. The van der Waals surface area contributed by atoms with Crippen LogP contribution in [0.1, 0.15) is 86.5 Å².